The average Bonchev–Trinajstić information content (AvgIpc) is 2.30. The maximum absolute atomic E-state index is 11.9. The Morgan fingerprint density at radius 3 is 2.58 bits per heavy atom. The first-order chi connectivity index (χ1) is 8.79. The molecule has 0 aliphatic heterocycles. The number of rotatable bonds is 6. The van der Waals surface area contributed by atoms with Gasteiger partial charge in [0, 0.05) is 22.0 Å². The fourth-order valence-electron chi connectivity index (χ4n) is 1.31. The van der Waals surface area contributed by atoms with E-state index in [1.807, 2.05) is 6.07 Å². The Labute approximate surface area is 129 Å². The third-order valence-electron chi connectivity index (χ3n) is 2.18. The monoisotopic (exact) mass is 412 g/mol. The zero-order valence-corrected chi connectivity index (χ0v) is 14.2. The van der Waals surface area contributed by atoms with E-state index in [4.69, 9.17) is 0 Å². The fourth-order valence-corrected chi connectivity index (χ4v) is 2.62. The number of hydrogen-bond acceptors (Lipinski definition) is 3. The molecule has 0 aliphatic carbocycles. The zero-order valence-electron chi connectivity index (χ0n) is 10.2. The number of nitrogens with one attached hydrogen (secondary N) is 2. The van der Waals surface area contributed by atoms with Crippen molar-refractivity contribution in [1.29, 1.82) is 0 Å². The summed E-state index contributed by atoms with van der Waals surface area (Å²) in [7, 11) is -3.17. The first-order valence-corrected chi connectivity index (χ1v) is 8.95. The molecule has 19 heavy (non-hydrogen) atoms. The standard InChI is InChI=1S/C11H14Br2N2O3S/c1-19(17,18)15-6-2-5-14-11(16)9-7-8(12)3-4-10(9)13/h3-4,7,15H,2,5-6H2,1H3,(H,14,16). The summed E-state index contributed by atoms with van der Waals surface area (Å²) >= 11 is 6.61. The summed E-state index contributed by atoms with van der Waals surface area (Å²) in [5.41, 5.74) is 0.533. The molecule has 0 fully saturated rings. The molecule has 1 aromatic rings. The summed E-state index contributed by atoms with van der Waals surface area (Å²) in [6, 6.07) is 5.33. The van der Waals surface area contributed by atoms with Gasteiger partial charge in [-0.1, -0.05) is 15.9 Å². The summed E-state index contributed by atoms with van der Waals surface area (Å²) in [6.45, 7) is 0.707. The van der Waals surface area contributed by atoms with E-state index in [1.54, 1.807) is 12.1 Å². The average molecular weight is 414 g/mol. The van der Waals surface area contributed by atoms with Crippen molar-refractivity contribution in [2.24, 2.45) is 0 Å². The smallest absolute Gasteiger partial charge is 0.252 e. The molecule has 0 heterocycles. The number of benzene rings is 1. The number of amides is 1. The summed E-state index contributed by atoms with van der Waals surface area (Å²) < 4.78 is 25.5. The van der Waals surface area contributed by atoms with Gasteiger partial charge in [0.25, 0.3) is 5.91 Å². The van der Waals surface area contributed by atoms with Crippen LogP contribution < -0.4 is 10.0 Å². The largest absolute Gasteiger partial charge is 0.352 e. The molecule has 0 aliphatic rings. The SMILES string of the molecule is CS(=O)(=O)NCCCNC(=O)c1cc(Br)ccc1Br. The molecule has 1 aromatic carbocycles. The van der Waals surface area contributed by atoms with Gasteiger partial charge < -0.3 is 5.32 Å². The number of carbonyl (C=O) groups excluding carboxylic acids is 1. The Bertz CT molecular complexity index is 561. The molecular weight excluding hydrogens is 400 g/mol. The molecule has 0 saturated carbocycles. The van der Waals surface area contributed by atoms with Gasteiger partial charge in [-0.05, 0) is 40.5 Å². The number of hydrogen-bond donors (Lipinski definition) is 2. The van der Waals surface area contributed by atoms with Crippen molar-refractivity contribution in [3.63, 3.8) is 0 Å². The Kier molecular flexibility index (Phi) is 6.45. The van der Waals surface area contributed by atoms with Gasteiger partial charge in [0.15, 0.2) is 0 Å². The quantitative estimate of drug-likeness (QED) is 0.699. The Morgan fingerprint density at radius 1 is 1.26 bits per heavy atom. The van der Waals surface area contributed by atoms with Crippen LogP contribution in [0.25, 0.3) is 0 Å². The molecule has 0 atom stereocenters. The van der Waals surface area contributed by atoms with Crippen LogP contribution in [-0.4, -0.2) is 33.7 Å². The summed E-state index contributed by atoms with van der Waals surface area (Å²) in [5.74, 6) is -0.201. The molecule has 5 nitrogen and oxygen atoms in total. The minimum Gasteiger partial charge on any atom is -0.352 e. The van der Waals surface area contributed by atoms with E-state index < -0.39 is 10.0 Å². The van der Waals surface area contributed by atoms with E-state index >= 15 is 0 Å². The minimum atomic E-state index is -3.17. The third kappa shape index (κ3) is 6.51. The molecule has 0 saturated heterocycles. The van der Waals surface area contributed by atoms with Gasteiger partial charge in [0.2, 0.25) is 10.0 Å². The van der Waals surface area contributed by atoms with Crippen LogP contribution in [0.1, 0.15) is 16.8 Å². The lowest BCUT2D eigenvalue weighted by Gasteiger charge is -2.07. The van der Waals surface area contributed by atoms with Gasteiger partial charge in [-0.25, -0.2) is 13.1 Å². The van der Waals surface area contributed by atoms with Gasteiger partial charge >= 0.3 is 0 Å². The second-order valence-corrected chi connectivity index (χ2v) is 7.50. The first kappa shape index (κ1) is 16.6. The molecule has 0 unspecified atom stereocenters. The molecule has 8 heteroatoms. The van der Waals surface area contributed by atoms with Gasteiger partial charge in [0.05, 0.1) is 11.8 Å². The predicted octanol–water partition coefficient (Wildman–Crippen LogP) is 1.88. The predicted molar refractivity (Wildman–Crippen MR) is 81.6 cm³/mol. The van der Waals surface area contributed by atoms with E-state index in [2.05, 4.69) is 41.9 Å². The molecule has 2 N–H and O–H groups in total. The molecule has 0 aromatic heterocycles. The van der Waals surface area contributed by atoms with Crippen LogP contribution >= 0.6 is 31.9 Å². The molecule has 1 amide bonds. The molecule has 0 radical (unpaired) electrons. The van der Waals surface area contributed by atoms with Gasteiger partial charge in [-0.2, -0.15) is 0 Å². The van der Waals surface area contributed by atoms with Crippen molar-refractivity contribution >= 4 is 47.8 Å². The molecule has 0 spiro atoms. The number of sulfonamides is 1. The minimum absolute atomic E-state index is 0.201. The Morgan fingerprint density at radius 2 is 1.95 bits per heavy atom. The lowest BCUT2D eigenvalue weighted by molar-refractivity contribution is 0.0952. The number of halogens is 2. The normalized spacial score (nSPS) is 11.3. The summed E-state index contributed by atoms with van der Waals surface area (Å²) in [5, 5.41) is 2.73. The Hall–Kier alpha value is -0.440. The van der Waals surface area contributed by atoms with E-state index in [0.29, 0.717) is 29.5 Å². The van der Waals surface area contributed by atoms with Crippen molar-refractivity contribution in [3.8, 4) is 0 Å². The topological polar surface area (TPSA) is 75.3 Å². The molecular formula is C11H14Br2N2O3S. The highest BCUT2D eigenvalue weighted by Gasteiger charge is 2.09. The van der Waals surface area contributed by atoms with Crippen LogP contribution in [0.15, 0.2) is 27.1 Å². The van der Waals surface area contributed by atoms with Gasteiger partial charge in [0.1, 0.15) is 0 Å². The highest BCUT2D eigenvalue weighted by Crippen LogP contribution is 2.21. The highest BCUT2D eigenvalue weighted by molar-refractivity contribution is 9.11. The van der Waals surface area contributed by atoms with Gasteiger partial charge in [-0.3, -0.25) is 4.79 Å². The van der Waals surface area contributed by atoms with E-state index in [1.165, 1.54) is 0 Å². The lowest BCUT2D eigenvalue weighted by Crippen LogP contribution is -2.29. The second kappa shape index (κ2) is 7.37. The van der Waals surface area contributed by atoms with Crippen molar-refractivity contribution in [2.75, 3.05) is 19.3 Å². The fraction of sp³-hybridized carbons (Fsp3) is 0.364. The van der Waals surface area contributed by atoms with Crippen LogP contribution in [0.2, 0.25) is 0 Å². The first-order valence-electron chi connectivity index (χ1n) is 5.47. The zero-order chi connectivity index (χ0) is 14.5. The third-order valence-corrected chi connectivity index (χ3v) is 4.09. The number of carbonyl (C=O) groups is 1. The maximum Gasteiger partial charge on any atom is 0.252 e. The van der Waals surface area contributed by atoms with Crippen molar-refractivity contribution in [3.05, 3.63) is 32.7 Å². The summed E-state index contributed by atoms with van der Waals surface area (Å²) in [4.78, 5) is 11.9. The van der Waals surface area contributed by atoms with Crippen LogP contribution in [-0.2, 0) is 10.0 Å². The maximum atomic E-state index is 11.9. The lowest BCUT2D eigenvalue weighted by atomic mass is 10.2. The van der Waals surface area contributed by atoms with Crippen LogP contribution in [0, 0.1) is 0 Å². The molecule has 106 valence electrons. The molecule has 1 rings (SSSR count). The van der Waals surface area contributed by atoms with E-state index in [0.717, 1.165) is 10.7 Å². The highest BCUT2D eigenvalue weighted by atomic mass is 79.9. The second-order valence-electron chi connectivity index (χ2n) is 3.90. The van der Waals surface area contributed by atoms with Crippen molar-refractivity contribution in [2.45, 2.75) is 6.42 Å². The van der Waals surface area contributed by atoms with Crippen LogP contribution in [0.5, 0.6) is 0 Å². The Balaban J connectivity index is 2.42. The van der Waals surface area contributed by atoms with Crippen LogP contribution in [0.3, 0.4) is 0 Å². The van der Waals surface area contributed by atoms with Gasteiger partial charge in [-0.15, -0.1) is 0 Å². The van der Waals surface area contributed by atoms with E-state index in [9.17, 15) is 13.2 Å². The van der Waals surface area contributed by atoms with Crippen molar-refractivity contribution < 1.29 is 13.2 Å². The van der Waals surface area contributed by atoms with Crippen molar-refractivity contribution in [1.82, 2.24) is 10.0 Å². The van der Waals surface area contributed by atoms with Crippen LogP contribution in [0.4, 0.5) is 0 Å². The molecule has 0 bridgehead atoms. The summed E-state index contributed by atoms with van der Waals surface area (Å²) in [6.07, 6.45) is 1.63. The van der Waals surface area contributed by atoms with E-state index in [-0.39, 0.29) is 5.91 Å².